The fourth-order valence-corrected chi connectivity index (χ4v) is 1.50. The van der Waals surface area contributed by atoms with E-state index >= 15 is 0 Å². The van der Waals surface area contributed by atoms with Gasteiger partial charge in [0.2, 0.25) is 0 Å². The van der Waals surface area contributed by atoms with Gasteiger partial charge in [-0.2, -0.15) is 0 Å². The molecule has 2 nitrogen and oxygen atoms in total. The van der Waals surface area contributed by atoms with Crippen molar-refractivity contribution in [3.8, 4) is 0 Å². The molecule has 1 rings (SSSR count). The van der Waals surface area contributed by atoms with E-state index in [0.29, 0.717) is 0 Å². The number of hydrogen-bond donors (Lipinski definition) is 1. The van der Waals surface area contributed by atoms with Gasteiger partial charge in [-0.05, 0) is 38.9 Å². The van der Waals surface area contributed by atoms with E-state index in [4.69, 9.17) is 5.73 Å². The van der Waals surface area contributed by atoms with Crippen molar-refractivity contribution in [2.45, 2.75) is 12.8 Å². The lowest BCUT2D eigenvalue weighted by Crippen LogP contribution is -2.15. The molecule has 1 saturated heterocycles. The Kier molecular flexibility index (Phi) is 2.49. The SMILES string of the molecule is CN1CC[C@@H](CCN)C1. The molecule has 0 aromatic heterocycles. The summed E-state index contributed by atoms with van der Waals surface area (Å²) in [5, 5.41) is 0. The average molecular weight is 128 g/mol. The highest BCUT2D eigenvalue weighted by Crippen LogP contribution is 2.16. The zero-order valence-corrected chi connectivity index (χ0v) is 6.14. The topological polar surface area (TPSA) is 29.3 Å². The minimum Gasteiger partial charge on any atom is -0.330 e. The molecule has 1 aliphatic heterocycles. The second-order valence-electron chi connectivity index (χ2n) is 2.99. The Hall–Kier alpha value is -0.0800. The Morgan fingerprint density at radius 3 is 2.89 bits per heavy atom. The van der Waals surface area contributed by atoms with Crippen LogP contribution in [0.1, 0.15) is 12.8 Å². The molecule has 0 aromatic rings. The fourth-order valence-electron chi connectivity index (χ4n) is 1.50. The maximum absolute atomic E-state index is 5.44. The molecule has 54 valence electrons. The predicted octanol–water partition coefficient (Wildman–Crippen LogP) is 0.287. The van der Waals surface area contributed by atoms with E-state index in [0.717, 1.165) is 12.5 Å². The van der Waals surface area contributed by atoms with Gasteiger partial charge in [0.25, 0.3) is 0 Å². The third-order valence-electron chi connectivity index (χ3n) is 2.06. The molecule has 1 atom stereocenters. The first-order chi connectivity index (χ1) is 4.33. The summed E-state index contributed by atoms with van der Waals surface area (Å²) in [6.45, 7) is 3.39. The lowest BCUT2D eigenvalue weighted by molar-refractivity contribution is 0.389. The van der Waals surface area contributed by atoms with Crippen molar-refractivity contribution in [3.05, 3.63) is 0 Å². The minimum atomic E-state index is 0.860. The van der Waals surface area contributed by atoms with Crippen LogP contribution in [-0.2, 0) is 0 Å². The Balaban J connectivity index is 2.14. The number of nitrogens with two attached hydrogens (primary N) is 1. The predicted molar refractivity (Wildman–Crippen MR) is 39.3 cm³/mol. The maximum atomic E-state index is 5.44. The molecule has 0 spiro atoms. The van der Waals surface area contributed by atoms with Crippen LogP contribution in [0.2, 0.25) is 0 Å². The van der Waals surface area contributed by atoms with E-state index < -0.39 is 0 Å². The summed E-state index contributed by atoms with van der Waals surface area (Å²) in [6, 6.07) is 0. The zero-order chi connectivity index (χ0) is 6.69. The van der Waals surface area contributed by atoms with Crippen molar-refractivity contribution in [3.63, 3.8) is 0 Å². The van der Waals surface area contributed by atoms with Crippen LogP contribution in [-0.4, -0.2) is 31.6 Å². The van der Waals surface area contributed by atoms with E-state index in [1.54, 1.807) is 0 Å². The average Bonchev–Trinajstić information content (AvgIpc) is 2.17. The highest BCUT2D eigenvalue weighted by atomic mass is 15.1. The van der Waals surface area contributed by atoms with Gasteiger partial charge in [-0.3, -0.25) is 0 Å². The van der Waals surface area contributed by atoms with Gasteiger partial charge < -0.3 is 10.6 Å². The Labute approximate surface area is 57.0 Å². The monoisotopic (exact) mass is 128 g/mol. The van der Waals surface area contributed by atoms with Crippen LogP contribution in [0.25, 0.3) is 0 Å². The van der Waals surface area contributed by atoms with Gasteiger partial charge in [0, 0.05) is 6.54 Å². The summed E-state index contributed by atoms with van der Waals surface area (Å²) in [6.07, 6.45) is 2.57. The smallest absolute Gasteiger partial charge is 0.000756 e. The Morgan fingerprint density at radius 1 is 1.67 bits per heavy atom. The summed E-state index contributed by atoms with van der Waals surface area (Å²) in [5.74, 6) is 0.889. The normalized spacial score (nSPS) is 29.3. The van der Waals surface area contributed by atoms with Crippen molar-refractivity contribution in [2.75, 3.05) is 26.7 Å². The molecular formula is C7H16N2. The van der Waals surface area contributed by atoms with Gasteiger partial charge in [-0.15, -0.1) is 0 Å². The highest BCUT2D eigenvalue weighted by molar-refractivity contribution is 4.72. The van der Waals surface area contributed by atoms with E-state index in [1.165, 1.54) is 25.9 Å². The second-order valence-corrected chi connectivity index (χ2v) is 2.99. The van der Waals surface area contributed by atoms with Crippen molar-refractivity contribution < 1.29 is 0 Å². The lowest BCUT2D eigenvalue weighted by atomic mass is 10.1. The molecule has 0 aromatic carbocycles. The summed E-state index contributed by atoms with van der Waals surface area (Å²) >= 11 is 0. The van der Waals surface area contributed by atoms with Crippen LogP contribution >= 0.6 is 0 Å². The standard InChI is InChI=1S/C7H16N2/c1-9-5-3-7(6-9)2-4-8/h7H,2-6,8H2,1H3/t7-/m1/s1. The van der Waals surface area contributed by atoms with Gasteiger partial charge in [-0.25, -0.2) is 0 Å². The first kappa shape index (κ1) is 7.03. The quantitative estimate of drug-likeness (QED) is 0.579. The van der Waals surface area contributed by atoms with Crippen LogP contribution < -0.4 is 5.73 Å². The van der Waals surface area contributed by atoms with Crippen LogP contribution in [0.5, 0.6) is 0 Å². The van der Waals surface area contributed by atoms with Crippen LogP contribution in [0.3, 0.4) is 0 Å². The van der Waals surface area contributed by atoms with Crippen LogP contribution in [0, 0.1) is 5.92 Å². The van der Waals surface area contributed by atoms with Gasteiger partial charge in [-0.1, -0.05) is 0 Å². The molecule has 0 amide bonds. The van der Waals surface area contributed by atoms with Gasteiger partial charge >= 0.3 is 0 Å². The summed E-state index contributed by atoms with van der Waals surface area (Å²) in [4.78, 5) is 2.38. The minimum absolute atomic E-state index is 0.860. The van der Waals surface area contributed by atoms with Crippen molar-refractivity contribution in [2.24, 2.45) is 11.7 Å². The number of rotatable bonds is 2. The Bertz CT molecular complexity index is 81.0. The fraction of sp³-hybridized carbons (Fsp3) is 1.00. The summed E-state index contributed by atoms with van der Waals surface area (Å²) in [5.41, 5.74) is 5.44. The summed E-state index contributed by atoms with van der Waals surface area (Å²) in [7, 11) is 2.18. The van der Waals surface area contributed by atoms with Crippen LogP contribution in [0.15, 0.2) is 0 Å². The van der Waals surface area contributed by atoms with E-state index in [9.17, 15) is 0 Å². The first-order valence-corrected chi connectivity index (χ1v) is 3.71. The van der Waals surface area contributed by atoms with Gasteiger partial charge in [0.15, 0.2) is 0 Å². The Morgan fingerprint density at radius 2 is 2.44 bits per heavy atom. The van der Waals surface area contributed by atoms with Crippen molar-refractivity contribution in [1.29, 1.82) is 0 Å². The van der Waals surface area contributed by atoms with Gasteiger partial charge in [0.1, 0.15) is 0 Å². The number of nitrogens with zero attached hydrogens (tertiary/aromatic N) is 1. The molecule has 1 fully saturated rings. The number of hydrogen-bond acceptors (Lipinski definition) is 2. The van der Waals surface area contributed by atoms with Crippen molar-refractivity contribution >= 4 is 0 Å². The number of likely N-dealkylation sites (tertiary alicyclic amines) is 1. The largest absolute Gasteiger partial charge is 0.330 e. The van der Waals surface area contributed by atoms with E-state index in [-0.39, 0.29) is 0 Å². The highest BCUT2D eigenvalue weighted by Gasteiger charge is 2.17. The zero-order valence-electron chi connectivity index (χ0n) is 6.14. The molecule has 0 bridgehead atoms. The third kappa shape index (κ3) is 1.95. The molecule has 2 heteroatoms. The molecule has 0 unspecified atom stereocenters. The summed E-state index contributed by atoms with van der Waals surface area (Å²) < 4.78 is 0. The molecule has 2 N–H and O–H groups in total. The molecule has 0 saturated carbocycles. The lowest BCUT2D eigenvalue weighted by Gasteiger charge is -2.07. The molecule has 9 heavy (non-hydrogen) atoms. The van der Waals surface area contributed by atoms with Gasteiger partial charge in [0.05, 0.1) is 0 Å². The first-order valence-electron chi connectivity index (χ1n) is 3.71. The van der Waals surface area contributed by atoms with E-state index in [2.05, 4.69) is 11.9 Å². The maximum Gasteiger partial charge on any atom is 0.000756 e. The van der Waals surface area contributed by atoms with E-state index in [1.807, 2.05) is 0 Å². The molecule has 0 radical (unpaired) electrons. The second kappa shape index (κ2) is 3.18. The molecule has 0 aliphatic carbocycles. The van der Waals surface area contributed by atoms with Crippen molar-refractivity contribution in [1.82, 2.24) is 4.90 Å². The third-order valence-corrected chi connectivity index (χ3v) is 2.06. The molecule has 1 heterocycles. The molecule has 1 aliphatic rings. The molecular weight excluding hydrogens is 112 g/mol. The van der Waals surface area contributed by atoms with Crippen LogP contribution in [0.4, 0.5) is 0 Å².